The predicted molar refractivity (Wildman–Crippen MR) is 94.3 cm³/mol. The van der Waals surface area contributed by atoms with Crippen molar-refractivity contribution in [3.05, 3.63) is 57.0 Å². The van der Waals surface area contributed by atoms with Crippen molar-refractivity contribution >= 4 is 62.1 Å². The number of amides is 1. The van der Waals surface area contributed by atoms with Gasteiger partial charge in [-0.05, 0) is 36.4 Å². The van der Waals surface area contributed by atoms with E-state index in [1.54, 1.807) is 12.1 Å². The molecule has 2 aromatic rings. The lowest BCUT2D eigenvalue weighted by Crippen LogP contribution is -2.14. The molecule has 0 aliphatic carbocycles. The molecule has 0 radical (unpaired) electrons. The zero-order valence-electron chi connectivity index (χ0n) is 11.7. The molecule has 2 aromatic carbocycles. The molecular formula is C14H11Cl3N2O3S. The molecule has 0 saturated heterocycles. The molecular weight excluding hydrogens is 383 g/mol. The lowest BCUT2D eigenvalue weighted by Gasteiger charge is -2.10. The smallest absolute Gasteiger partial charge is 0.257 e. The van der Waals surface area contributed by atoms with E-state index in [0.717, 1.165) is 6.26 Å². The van der Waals surface area contributed by atoms with E-state index in [4.69, 9.17) is 34.8 Å². The zero-order chi connectivity index (χ0) is 17.2. The van der Waals surface area contributed by atoms with E-state index < -0.39 is 15.9 Å². The molecule has 0 spiro atoms. The summed E-state index contributed by atoms with van der Waals surface area (Å²) in [4.78, 5) is 12.3. The number of hydrogen-bond donors (Lipinski definition) is 2. The highest BCUT2D eigenvalue weighted by Crippen LogP contribution is 2.27. The molecule has 9 heteroatoms. The number of rotatable bonds is 4. The van der Waals surface area contributed by atoms with E-state index in [9.17, 15) is 13.2 Å². The maximum absolute atomic E-state index is 12.3. The van der Waals surface area contributed by atoms with Crippen molar-refractivity contribution < 1.29 is 13.2 Å². The number of sulfonamides is 1. The van der Waals surface area contributed by atoms with Crippen molar-refractivity contribution in [1.82, 2.24) is 0 Å². The number of nitrogens with one attached hydrogen (secondary N) is 2. The molecule has 0 aromatic heterocycles. The molecule has 0 atom stereocenters. The summed E-state index contributed by atoms with van der Waals surface area (Å²) in [6, 6.07) is 8.84. The number of hydrogen-bond acceptors (Lipinski definition) is 3. The van der Waals surface area contributed by atoms with Crippen molar-refractivity contribution in [2.24, 2.45) is 0 Å². The lowest BCUT2D eigenvalue weighted by atomic mass is 10.2. The lowest BCUT2D eigenvalue weighted by molar-refractivity contribution is 0.102. The van der Waals surface area contributed by atoms with Gasteiger partial charge in [0.2, 0.25) is 10.0 Å². The second kappa shape index (κ2) is 6.97. The van der Waals surface area contributed by atoms with Crippen LogP contribution >= 0.6 is 34.8 Å². The Morgan fingerprint density at radius 1 is 1.00 bits per heavy atom. The van der Waals surface area contributed by atoms with Gasteiger partial charge in [-0.3, -0.25) is 9.52 Å². The molecule has 0 unspecified atom stereocenters. The summed E-state index contributed by atoms with van der Waals surface area (Å²) >= 11 is 17.9. The van der Waals surface area contributed by atoms with Gasteiger partial charge in [-0.1, -0.05) is 34.8 Å². The second-order valence-electron chi connectivity index (χ2n) is 4.65. The summed E-state index contributed by atoms with van der Waals surface area (Å²) < 4.78 is 24.6. The Morgan fingerprint density at radius 2 is 1.70 bits per heavy atom. The van der Waals surface area contributed by atoms with Crippen LogP contribution in [0.3, 0.4) is 0 Å². The van der Waals surface area contributed by atoms with Crippen LogP contribution in [0.1, 0.15) is 10.4 Å². The summed E-state index contributed by atoms with van der Waals surface area (Å²) in [6.45, 7) is 0. The second-order valence-corrected chi connectivity index (χ2v) is 7.65. The molecule has 2 rings (SSSR count). The third kappa shape index (κ3) is 5.00. The fraction of sp³-hybridized carbons (Fsp3) is 0.0714. The minimum Gasteiger partial charge on any atom is -0.321 e. The van der Waals surface area contributed by atoms with Gasteiger partial charge in [0.25, 0.3) is 5.91 Å². The molecule has 23 heavy (non-hydrogen) atoms. The fourth-order valence-electron chi connectivity index (χ4n) is 1.76. The van der Waals surface area contributed by atoms with Gasteiger partial charge in [0.05, 0.1) is 27.6 Å². The summed E-state index contributed by atoms with van der Waals surface area (Å²) in [6.07, 6.45) is 1.02. The topological polar surface area (TPSA) is 75.3 Å². The molecule has 0 aliphatic heterocycles. The largest absolute Gasteiger partial charge is 0.321 e. The SMILES string of the molecule is CS(=O)(=O)Nc1ccc(C(=O)Nc2cc(Cl)ccc2Cl)c(Cl)c1. The first kappa shape index (κ1) is 17.9. The maximum Gasteiger partial charge on any atom is 0.257 e. The van der Waals surface area contributed by atoms with Crippen molar-refractivity contribution in [3.8, 4) is 0 Å². The molecule has 0 aliphatic rings. The normalized spacial score (nSPS) is 11.1. The molecule has 122 valence electrons. The van der Waals surface area contributed by atoms with Crippen LogP contribution in [0.4, 0.5) is 11.4 Å². The highest BCUT2D eigenvalue weighted by atomic mass is 35.5. The summed E-state index contributed by atoms with van der Waals surface area (Å²) in [5.41, 5.74) is 0.773. The third-order valence-corrected chi connectivity index (χ3v) is 4.18. The fourth-order valence-corrected chi connectivity index (χ4v) is 2.92. The Bertz CT molecular complexity index is 870. The molecule has 0 heterocycles. The van der Waals surface area contributed by atoms with Crippen LogP contribution < -0.4 is 10.0 Å². The first-order chi connectivity index (χ1) is 10.7. The van der Waals surface area contributed by atoms with Crippen molar-refractivity contribution in [3.63, 3.8) is 0 Å². The number of carbonyl (C=O) groups is 1. The van der Waals surface area contributed by atoms with E-state index in [-0.39, 0.29) is 16.3 Å². The third-order valence-electron chi connectivity index (χ3n) is 2.69. The van der Waals surface area contributed by atoms with E-state index in [1.807, 2.05) is 0 Å². The predicted octanol–water partition coefficient (Wildman–Crippen LogP) is 4.27. The maximum atomic E-state index is 12.3. The molecule has 0 bridgehead atoms. The molecule has 0 saturated carbocycles. The summed E-state index contributed by atoms with van der Waals surface area (Å²) in [5, 5.41) is 3.44. The van der Waals surface area contributed by atoms with Crippen LogP contribution in [0.15, 0.2) is 36.4 Å². The Kier molecular flexibility index (Phi) is 5.41. The first-order valence-electron chi connectivity index (χ1n) is 6.19. The van der Waals surface area contributed by atoms with Gasteiger partial charge < -0.3 is 5.32 Å². The first-order valence-corrected chi connectivity index (χ1v) is 9.22. The average Bonchev–Trinajstić information content (AvgIpc) is 2.41. The number of anilines is 2. The summed E-state index contributed by atoms with van der Waals surface area (Å²) in [5.74, 6) is -0.495. The summed E-state index contributed by atoms with van der Waals surface area (Å²) in [7, 11) is -3.43. The van der Waals surface area contributed by atoms with Gasteiger partial charge in [-0.15, -0.1) is 0 Å². The molecule has 2 N–H and O–H groups in total. The van der Waals surface area contributed by atoms with Gasteiger partial charge in [0, 0.05) is 10.7 Å². The van der Waals surface area contributed by atoms with Gasteiger partial charge in [-0.2, -0.15) is 0 Å². The van der Waals surface area contributed by atoms with Crippen molar-refractivity contribution in [2.45, 2.75) is 0 Å². The van der Waals surface area contributed by atoms with Gasteiger partial charge in [0.1, 0.15) is 0 Å². The van der Waals surface area contributed by atoms with Crippen molar-refractivity contribution in [1.29, 1.82) is 0 Å². The highest BCUT2D eigenvalue weighted by Gasteiger charge is 2.14. The Morgan fingerprint density at radius 3 is 2.30 bits per heavy atom. The van der Waals surface area contributed by atoms with Crippen molar-refractivity contribution in [2.75, 3.05) is 16.3 Å². The highest BCUT2D eigenvalue weighted by molar-refractivity contribution is 7.92. The minimum atomic E-state index is -3.43. The average molecular weight is 394 g/mol. The van der Waals surface area contributed by atoms with Crippen LogP contribution in [0, 0.1) is 0 Å². The number of halogens is 3. The Balaban J connectivity index is 2.24. The molecule has 1 amide bonds. The number of carbonyl (C=O) groups excluding carboxylic acids is 1. The van der Waals surface area contributed by atoms with Crippen LogP contribution in [0.25, 0.3) is 0 Å². The molecule has 0 fully saturated rings. The van der Waals surface area contributed by atoms with Gasteiger partial charge >= 0.3 is 0 Å². The monoisotopic (exact) mass is 392 g/mol. The van der Waals surface area contributed by atoms with Crippen LogP contribution in [0.2, 0.25) is 15.1 Å². The van der Waals surface area contributed by atoms with E-state index in [0.29, 0.717) is 15.7 Å². The van der Waals surface area contributed by atoms with Crippen LogP contribution in [-0.2, 0) is 10.0 Å². The van der Waals surface area contributed by atoms with E-state index in [2.05, 4.69) is 10.0 Å². The standard InChI is InChI=1S/C14H11Cl3N2O3S/c1-23(21,22)19-9-3-4-10(12(17)7-9)14(20)18-13-6-8(15)2-5-11(13)16/h2-7,19H,1H3,(H,18,20). The molecule has 5 nitrogen and oxygen atoms in total. The Labute approximate surface area is 148 Å². The minimum absolute atomic E-state index is 0.0919. The van der Waals surface area contributed by atoms with Crippen LogP contribution in [-0.4, -0.2) is 20.6 Å². The van der Waals surface area contributed by atoms with E-state index >= 15 is 0 Å². The number of benzene rings is 2. The zero-order valence-corrected chi connectivity index (χ0v) is 14.8. The van der Waals surface area contributed by atoms with Crippen LogP contribution in [0.5, 0.6) is 0 Å². The van der Waals surface area contributed by atoms with E-state index in [1.165, 1.54) is 24.3 Å². The van der Waals surface area contributed by atoms with Gasteiger partial charge in [-0.25, -0.2) is 8.42 Å². The quantitative estimate of drug-likeness (QED) is 0.814. The Hall–Kier alpha value is -1.47. The van der Waals surface area contributed by atoms with Gasteiger partial charge in [0.15, 0.2) is 0 Å².